The van der Waals surface area contributed by atoms with Gasteiger partial charge in [-0.05, 0) is 30.5 Å². The van der Waals surface area contributed by atoms with E-state index in [2.05, 4.69) is 15.9 Å². The van der Waals surface area contributed by atoms with Crippen LogP contribution in [0.15, 0.2) is 28.7 Å². The predicted octanol–water partition coefficient (Wildman–Crippen LogP) is 3.84. The molecule has 1 aromatic rings. The van der Waals surface area contributed by atoms with Crippen molar-refractivity contribution in [2.75, 3.05) is 6.67 Å². The highest BCUT2D eigenvalue weighted by molar-refractivity contribution is 9.10. The van der Waals surface area contributed by atoms with E-state index in [9.17, 15) is 4.39 Å². The standard InChI is InChI=1S/C11H12BrF/c12-10-4-1-3-9(7-10)11(8-13)5-2-6-11/h1,3-4,7H,2,5-6,8H2. The quantitative estimate of drug-likeness (QED) is 0.740. The van der Waals surface area contributed by atoms with Gasteiger partial charge >= 0.3 is 0 Å². The zero-order valence-corrected chi connectivity index (χ0v) is 8.98. The molecule has 0 aliphatic heterocycles. The van der Waals surface area contributed by atoms with Gasteiger partial charge < -0.3 is 0 Å². The van der Waals surface area contributed by atoms with Crippen LogP contribution in [0.4, 0.5) is 4.39 Å². The Hall–Kier alpha value is -0.370. The highest BCUT2D eigenvalue weighted by atomic mass is 79.9. The summed E-state index contributed by atoms with van der Waals surface area (Å²) in [7, 11) is 0. The lowest BCUT2D eigenvalue weighted by atomic mass is 9.65. The molecule has 0 saturated heterocycles. The van der Waals surface area contributed by atoms with E-state index in [0.717, 1.165) is 29.3 Å². The van der Waals surface area contributed by atoms with Gasteiger partial charge in [-0.1, -0.05) is 34.5 Å². The zero-order valence-electron chi connectivity index (χ0n) is 7.39. The second-order valence-corrected chi connectivity index (χ2v) is 4.69. The molecule has 0 atom stereocenters. The molecule has 2 heteroatoms. The summed E-state index contributed by atoms with van der Waals surface area (Å²) in [5.74, 6) is 0. The molecule has 1 saturated carbocycles. The molecular weight excluding hydrogens is 231 g/mol. The summed E-state index contributed by atoms with van der Waals surface area (Å²) in [5, 5.41) is 0. The van der Waals surface area contributed by atoms with E-state index in [0.29, 0.717) is 0 Å². The van der Waals surface area contributed by atoms with Crippen LogP contribution in [0.5, 0.6) is 0 Å². The molecule has 1 aliphatic carbocycles. The van der Waals surface area contributed by atoms with E-state index in [1.807, 2.05) is 24.3 Å². The molecule has 70 valence electrons. The van der Waals surface area contributed by atoms with Gasteiger partial charge in [-0.15, -0.1) is 0 Å². The van der Waals surface area contributed by atoms with Crippen molar-refractivity contribution in [3.05, 3.63) is 34.3 Å². The van der Waals surface area contributed by atoms with E-state index in [-0.39, 0.29) is 12.1 Å². The first kappa shape index (κ1) is 9.20. The van der Waals surface area contributed by atoms with Gasteiger partial charge in [-0.2, -0.15) is 0 Å². The van der Waals surface area contributed by atoms with Crippen LogP contribution in [0.2, 0.25) is 0 Å². The van der Waals surface area contributed by atoms with Crippen molar-refractivity contribution in [2.24, 2.45) is 0 Å². The third kappa shape index (κ3) is 1.52. The van der Waals surface area contributed by atoms with Crippen molar-refractivity contribution in [2.45, 2.75) is 24.7 Å². The minimum absolute atomic E-state index is 0.149. The van der Waals surface area contributed by atoms with Crippen LogP contribution in [0.3, 0.4) is 0 Å². The molecule has 1 aromatic carbocycles. The van der Waals surface area contributed by atoms with Gasteiger partial charge in [0.05, 0.1) is 6.67 Å². The third-order valence-corrected chi connectivity index (χ3v) is 3.50. The maximum atomic E-state index is 12.9. The first-order valence-electron chi connectivity index (χ1n) is 4.59. The van der Waals surface area contributed by atoms with Gasteiger partial charge in [0.25, 0.3) is 0 Å². The van der Waals surface area contributed by atoms with Gasteiger partial charge in [0.2, 0.25) is 0 Å². The smallest absolute Gasteiger partial charge is 0.0990 e. The van der Waals surface area contributed by atoms with Gasteiger partial charge in [-0.25, -0.2) is 0 Å². The normalized spacial score (nSPS) is 19.5. The van der Waals surface area contributed by atoms with Crippen LogP contribution in [0, 0.1) is 0 Å². The number of benzene rings is 1. The van der Waals surface area contributed by atoms with Crippen LogP contribution in [-0.2, 0) is 5.41 Å². The number of rotatable bonds is 2. The molecule has 0 N–H and O–H groups in total. The largest absolute Gasteiger partial charge is 0.250 e. The van der Waals surface area contributed by atoms with Crippen molar-refractivity contribution in [1.29, 1.82) is 0 Å². The van der Waals surface area contributed by atoms with Crippen molar-refractivity contribution >= 4 is 15.9 Å². The molecule has 0 unspecified atom stereocenters. The van der Waals surface area contributed by atoms with Crippen molar-refractivity contribution in [3.8, 4) is 0 Å². The average molecular weight is 243 g/mol. The molecule has 0 radical (unpaired) electrons. The summed E-state index contributed by atoms with van der Waals surface area (Å²) >= 11 is 3.41. The molecule has 0 nitrogen and oxygen atoms in total. The maximum absolute atomic E-state index is 12.9. The Kier molecular flexibility index (Phi) is 2.41. The Morgan fingerprint density at radius 2 is 2.15 bits per heavy atom. The number of halogens is 2. The van der Waals surface area contributed by atoms with Gasteiger partial charge in [-0.3, -0.25) is 4.39 Å². The number of alkyl halides is 1. The average Bonchev–Trinajstić information content (AvgIpc) is 2.03. The molecule has 1 fully saturated rings. The third-order valence-electron chi connectivity index (χ3n) is 3.00. The summed E-state index contributed by atoms with van der Waals surface area (Å²) < 4.78 is 13.9. The first-order chi connectivity index (χ1) is 6.27. The second kappa shape index (κ2) is 3.41. The fourth-order valence-electron chi connectivity index (χ4n) is 1.92. The molecule has 2 rings (SSSR count). The lowest BCUT2D eigenvalue weighted by Gasteiger charge is -2.40. The Morgan fingerprint density at radius 3 is 2.62 bits per heavy atom. The first-order valence-corrected chi connectivity index (χ1v) is 5.38. The number of hydrogen-bond donors (Lipinski definition) is 0. The molecule has 0 amide bonds. The van der Waals surface area contributed by atoms with Gasteiger partial charge in [0.1, 0.15) is 0 Å². The molecule has 0 spiro atoms. The van der Waals surface area contributed by atoms with E-state index in [1.165, 1.54) is 0 Å². The Balaban J connectivity index is 2.33. The highest BCUT2D eigenvalue weighted by Crippen LogP contribution is 2.44. The monoisotopic (exact) mass is 242 g/mol. The predicted molar refractivity (Wildman–Crippen MR) is 55.6 cm³/mol. The Morgan fingerprint density at radius 1 is 1.38 bits per heavy atom. The maximum Gasteiger partial charge on any atom is 0.0990 e. The summed E-state index contributed by atoms with van der Waals surface area (Å²) in [6.07, 6.45) is 3.16. The minimum atomic E-state index is -0.219. The Bertz CT molecular complexity index is 299. The van der Waals surface area contributed by atoms with Crippen molar-refractivity contribution in [3.63, 3.8) is 0 Å². The van der Waals surface area contributed by atoms with Crippen LogP contribution >= 0.6 is 15.9 Å². The summed E-state index contributed by atoms with van der Waals surface area (Å²) in [6.45, 7) is -0.219. The molecule has 0 heterocycles. The van der Waals surface area contributed by atoms with E-state index in [1.54, 1.807) is 0 Å². The lowest BCUT2D eigenvalue weighted by molar-refractivity contribution is 0.184. The molecule has 13 heavy (non-hydrogen) atoms. The van der Waals surface area contributed by atoms with Crippen molar-refractivity contribution in [1.82, 2.24) is 0 Å². The summed E-state index contributed by atoms with van der Waals surface area (Å²) in [4.78, 5) is 0. The second-order valence-electron chi connectivity index (χ2n) is 3.78. The topological polar surface area (TPSA) is 0 Å². The van der Waals surface area contributed by atoms with Crippen molar-refractivity contribution < 1.29 is 4.39 Å². The van der Waals surface area contributed by atoms with Gasteiger partial charge in [0.15, 0.2) is 0 Å². The summed E-state index contributed by atoms with van der Waals surface area (Å²) in [6, 6.07) is 8.03. The van der Waals surface area contributed by atoms with E-state index in [4.69, 9.17) is 0 Å². The molecule has 0 bridgehead atoms. The zero-order chi connectivity index (χ0) is 9.31. The van der Waals surface area contributed by atoms with E-state index < -0.39 is 0 Å². The van der Waals surface area contributed by atoms with Crippen LogP contribution in [-0.4, -0.2) is 6.67 Å². The van der Waals surface area contributed by atoms with Crippen LogP contribution in [0.1, 0.15) is 24.8 Å². The lowest BCUT2D eigenvalue weighted by Crippen LogP contribution is -2.36. The number of hydrogen-bond acceptors (Lipinski definition) is 0. The fourth-order valence-corrected chi connectivity index (χ4v) is 2.32. The Labute approximate surface area is 86.3 Å². The SMILES string of the molecule is FCC1(c2cccc(Br)c2)CCC1. The molecule has 1 aliphatic rings. The molecule has 0 aromatic heterocycles. The molecular formula is C11H12BrF. The fraction of sp³-hybridized carbons (Fsp3) is 0.455. The minimum Gasteiger partial charge on any atom is -0.250 e. The van der Waals surface area contributed by atoms with E-state index >= 15 is 0 Å². The van der Waals surface area contributed by atoms with Gasteiger partial charge in [0, 0.05) is 9.89 Å². The summed E-state index contributed by atoms with van der Waals surface area (Å²) in [5.41, 5.74) is 1.000. The van der Waals surface area contributed by atoms with Crippen LogP contribution in [0.25, 0.3) is 0 Å². The highest BCUT2D eigenvalue weighted by Gasteiger charge is 2.38. The van der Waals surface area contributed by atoms with Crippen LogP contribution < -0.4 is 0 Å².